The molecule has 18 heteroatoms. The summed E-state index contributed by atoms with van der Waals surface area (Å²) in [6.07, 6.45) is 10.2. The minimum Gasteiger partial charge on any atom is -0.493 e. The number of piperidine rings is 2. The van der Waals surface area contributed by atoms with E-state index in [9.17, 15) is 15.6 Å². The third-order valence-corrected chi connectivity index (χ3v) is 15.3. The molecule has 11 rings (SSSR count). The molecule has 18 nitrogen and oxygen atoms in total. The second-order valence-electron chi connectivity index (χ2n) is 21.6. The van der Waals surface area contributed by atoms with E-state index in [0.29, 0.717) is 128 Å². The number of ether oxygens (including phenoxy) is 9. The number of methoxy groups -OCH3 is 4. The third-order valence-electron chi connectivity index (χ3n) is 15.3. The van der Waals surface area contributed by atoms with Crippen molar-refractivity contribution < 1.29 is 47.7 Å². The number of β-amino-alcohol motifs (C(OH)–C–C–N with tert-alkyl or cyclic N) is 1. The van der Waals surface area contributed by atoms with Gasteiger partial charge in [0.25, 0.3) is 0 Å². The summed E-state index contributed by atoms with van der Waals surface area (Å²) in [4.78, 5) is 11.3. The van der Waals surface area contributed by atoms with Crippen molar-refractivity contribution in [1.29, 1.82) is 10.5 Å². The maximum atomic E-state index is 10.8. The van der Waals surface area contributed by atoms with Gasteiger partial charge < -0.3 is 63.7 Å². The lowest BCUT2D eigenvalue weighted by molar-refractivity contribution is 0.0205. The van der Waals surface area contributed by atoms with E-state index in [4.69, 9.17) is 42.6 Å². The van der Waals surface area contributed by atoms with Crippen LogP contribution in [-0.2, 0) is 4.74 Å². The number of aromatic nitrogens is 2. The molecule has 6 aromatic carbocycles. The number of nitriles is 2. The number of epoxide rings is 1. The van der Waals surface area contributed by atoms with Gasteiger partial charge >= 0.3 is 0 Å². The van der Waals surface area contributed by atoms with E-state index in [0.717, 1.165) is 41.7 Å². The maximum absolute atomic E-state index is 10.8. The number of anilines is 4. The monoisotopic (exact) mass is 1180 g/mol. The lowest BCUT2D eigenvalue weighted by atomic mass is 9.97. The summed E-state index contributed by atoms with van der Waals surface area (Å²) in [7, 11) is 6.35. The van der Waals surface area contributed by atoms with Crippen LogP contribution in [0.25, 0.3) is 21.8 Å². The van der Waals surface area contributed by atoms with Crippen molar-refractivity contribution in [2.24, 2.45) is 0 Å². The molecule has 3 saturated heterocycles. The Labute approximate surface area is 510 Å². The highest BCUT2D eigenvalue weighted by Crippen LogP contribution is 2.41. The Bertz CT molecular complexity index is 3610. The summed E-state index contributed by atoms with van der Waals surface area (Å²) >= 11 is 0. The first-order valence-corrected chi connectivity index (χ1v) is 29.1. The van der Waals surface area contributed by atoms with Gasteiger partial charge in [-0.05, 0) is 138 Å². The van der Waals surface area contributed by atoms with Crippen LogP contribution in [0, 0.1) is 22.7 Å². The molecule has 0 spiro atoms. The van der Waals surface area contributed by atoms with Gasteiger partial charge in [-0.3, -0.25) is 14.9 Å². The molecule has 3 aliphatic rings. The Balaban J connectivity index is 0.000000200. The van der Waals surface area contributed by atoms with E-state index in [-0.39, 0.29) is 20.1 Å². The number of pyridine rings is 2. The van der Waals surface area contributed by atoms with E-state index in [2.05, 4.69) is 70.7 Å². The molecule has 3 fully saturated rings. The van der Waals surface area contributed by atoms with Crippen molar-refractivity contribution >= 4 is 44.6 Å². The van der Waals surface area contributed by atoms with Crippen LogP contribution in [0.3, 0.4) is 0 Å². The van der Waals surface area contributed by atoms with Gasteiger partial charge in [-0.1, -0.05) is 44.5 Å². The van der Waals surface area contributed by atoms with Crippen molar-refractivity contribution in [3.63, 3.8) is 0 Å². The average molecular weight is 1180 g/mol. The molecule has 456 valence electrons. The number of fused-ring (bicyclic) bond motifs is 2. The van der Waals surface area contributed by atoms with Gasteiger partial charge in [0.15, 0.2) is 46.0 Å². The Morgan fingerprint density at radius 3 is 1.41 bits per heavy atom. The second kappa shape index (κ2) is 30.9. The number of likely N-dealkylation sites (tertiary alicyclic amines) is 1. The molecule has 6 atom stereocenters. The quantitative estimate of drug-likeness (QED) is 0.0521. The predicted octanol–water partition coefficient (Wildman–Crippen LogP) is 14.3. The van der Waals surface area contributed by atoms with Crippen molar-refractivity contribution in [2.75, 3.05) is 65.4 Å². The Hall–Kier alpha value is -9.04. The number of aliphatic hydroxyl groups excluding tert-OH is 1. The van der Waals surface area contributed by atoms with E-state index in [1.807, 2.05) is 109 Å². The summed E-state index contributed by atoms with van der Waals surface area (Å²) in [5.74, 6) is 5.94. The molecule has 0 bridgehead atoms. The minimum absolute atomic E-state index is 0. The molecule has 0 aliphatic carbocycles. The van der Waals surface area contributed by atoms with Crippen LogP contribution >= 0.6 is 0 Å². The number of rotatable bonds is 20. The van der Waals surface area contributed by atoms with Gasteiger partial charge in [-0.25, -0.2) is 0 Å². The zero-order valence-electron chi connectivity index (χ0n) is 50.1. The zero-order valence-corrected chi connectivity index (χ0v) is 50.1. The van der Waals surface area contributed by atoms with Gasteiger partial charge in [-0.2, -0.15) is 10.5 Å². The number of hydrogen-bond donors (Lipinski definition) is 4. The molecule has 87 heavy (non-hydrogen) atoms. The number of benzene rings is 6. The number of nitrogens with one attached hydrogen (secondary N) is 3. The lowest BCUT2D eigenvalue weighted by Gasteiger charge is -2.40. The van der Waals surface area contributed by atoms with Crippen LogP contribution in [0.5, 0.6) is 57.5 Å². The first kappa shape index (κ1) is 64.0. The van der Waals surface area contributed by atoms with Crippen molar-refractivity contribution in [1.82, 2.24) is 20.2 Å². The minimum atomic E-state index is -0.649. The number of para-hydroxylation sites is 4. The maximum Gasteiger partial charge on any atom is 0.169 e. The highest BCUT2D eigenvalue weighted by atomic mass is 16.6. The van der Waals surface area contributed by atoms with Gasteiger partial charge in [-0.15, -0.1) is 0 Å². The molecule has 2 aromatic heterocycles. The Kier molecular flexibility index (Phi) is 22.7. The van der Waals surface area contributed by atoms with E-state index in [1.54, 1.807) is 46.8 Å². The van der Waals surface area contributed by atoms with Crippen LogP contribution in [0.15, 0.2) is 134 Å². The van der Waals surface area contributed by atoms with Gasteiger partial charge in [0.05, 0.1) is 68.6 Å². The van der Waals surface area contributed by atoms with E-state index >= 15 is 0 Å². The standard InChI is InChI=1S/C34H38N4O5.C27H23N3O5.C7H15N.CH4/c1-22-8-7-9-23(2)38(22)20-26(39)21-42-33-17-29-28(16-32(33)41-4)34(24(18-35)19-36-29)37-25-12-14-27(15-13-25)43-31-11-6-5-10-30(31)40-3;1-31-23-5-3-4-6-24(23)35-19-9-7-18(8-10-19)30-27-17(13-28)14-29-22-12-26(34-16-20-15-33-20)25(32-2)11-21(22)27;1-6-4-3-5-7(2)8-6;/h5-6,10-17,19,22-23,26,39H,7-9,20-21H2,1-4H3,(H,36,37);3-12,14,20H,15-16H2,1-2H3,(H,29,30);6-8H,3-5H2,1-2H3;1H4/t22?,23?,26-;20-;;/m00../s1. The summed E-state index contributed by atoms with van der Waals surface area (Å²) in [5.41, 5.74) is 4.88. The molecule has 5 heterocycles. The van der Waals surface area contributed by atoms with Crippen LogP contribution in [0.1, 0.15) is 84.8 Å². The molecular weight excluding hydrogens is 1100 g/mol. The third kappa shape index (κ3) is 16.9. The number of nitrogens with zero attached hydrogens (tertiary/aromatic N) is 5. The topological polar surface area (TPSA) is 219 Å². The van der Waals surface area contributed by atoms with Crippen LogP contribution in [0.4, 0.5) is 22.7 Å². The average Bonchev–Trinajstić information content (AvgIpc) is 3.76. The molecule has 0 saturated carbocycles. The highest BCUT2D eigenvalue weighted by Gasteiger charge is 2.28. The summed E-state index contributed by atoms with van der Waals surface area (Å²) in [6, 6.07) is 43.8. The fourth-order valence-corrected chi connectivity index (χ4v) is 10.6. The highest BCUT2D eigenvalue weighted by molar-refractivity contribution is 5.99. The molecule has 0 amide bonds. The SMILES string of the molecule is C.CC1CCCC(C)N1.COc1cc2c(Nc3ccc(Oc4ccccc4OC)cc3)c(C#N)cnc2cc1OC[C@@H](O)CN1C(C)CCCC1C.COc1cc2c(Nc3ccc(Oc4ccccc4OC)cc3)c(C#N)cnc2cc1OC[C@@H]1CO1. The molecular formula is C69H80N8O10. The van der Waals surface area contributed by atoms with E-state index in [1.165, 1.54) is 31.9 Å². The first-order valence-electron chi connectivity index (χ1n) is 29.1. The second-order valence-corrected chi connectivity index (χ2v) is 21.6. The molecule has 8 aromatic rings. The first-order chi connectivity index (χ1) is 41.9. The van der Waals surface area contributed by atoms with Crippen LogP contribution in [-0.4, -0.2) is 111 Å². The largest absolute Gasteiger partial charge is 0.493 e. The van der Waals surface area contributed by atoms with E-state index < -0.39 is 6.10 Å². The number of hydrogen-bond acceptors (Lipinski definition) is 18. The molecule has 4 N–H and O–H groups in total. The van der Waals surface area contributed by atoms with Crippen molar-refractivity contribution in [3.05, 3.63) is 145 Å². The number of aliphatic hydroxyl groups is 1. The Morgan fingerprint density at radius 1 is 0.586 bits per heavy atom. The van der Waals surface area contributed by atoms with Gasteiger partial charge in [0.1, 0.15) is 49.1 Å². The van der Waals surface area contributed by atoms with Crippen molar-refractivity contribution in [3.8, 4) is 69.6 Å². The lowest BCUT2D eigenvalue weighted by Crippen LogP contribution is -2.48. The summed E-state index contributed by atoms with van der Waals surface area (Å²) in [6.45, 7) is 10.8. The Morgan fingerprint density at radius 2 is 1.01 bits per heavy atom. The molecule has 4 unspecified atom stereocenters. The molecule has 3 aliphatic heterocycles. The summed E-state index contributed by atoms with van der Waals surface area (Å²) in [5, 5.41) is 42.0. The van der Waals surface area contributed by atoms with Crippen molar-refractivity contribution in [2.45, 2.75) is 110 Å². The van der Waals surface area contributed by atoms with Crippen LogP contribution in [0.2, 0.25) is 0 Å². The summed E-state index contributed by atoms with van der Waals surface area (Å²) < 4.78 is 51.0. The molecule has 0 radical (unpaired) electrons. The van der Waals surface area contributed by atoms with Crippen LogP contribution < -0.4 is 53.8 Å². The fraction of sp³-hybridized carbons (Fsp3) is 0.362. The predicted molar refractivity (Wildman–Crippen MR) is 340 cm³/mol. The van der Waals surface area contributed by atoms with Gasteiger partial charge in [0.2, 0.25) is 0 Å². The fourth-order valence-electron chi connectivity index (χ4n) is 10.6. The zero-order chi connectivity index (χ0) is 60.5. The normalized spacial score (nSPS) is 18.0. The smallest absolute Gasteiger partial charge is 0.169 e. The van der Waals surface area contributed by atoms with Gasteiger partial charge in [0, 0.05) is 77.4 Å².